The van der Waals surface area contributed by atoms with Gasteiger partial charge < -0.3 is 5.32 Å². The maximum atomic E-state index is 13.8. The first-order valence-corrected chi connectivity index (χ1v) is 10.5. The summed E-state index contributed by atoms with van der Waals surface area (Å²) >= 11 is 5.98. The molecule has 150 valence electrons. The molecule has 0 heterocycles. The maximum Gasteiger partial charge on any atom is 0.262 e. The Bertz CT molecular complexity index is 1200. The molecular weight excluding hydrogens is 415 g/mol. The van der Waals surface area contributed by atoms with Crippen molar-refractivity contribution in [2.24, 2.45) is 0 Å². The van der Waals surface area contributed by atoms with Gasteiger partial charge in [0.25, 0.3) is 15.9 Å². The number of aryl methyl sites for hydroxylation is 2. The Labute approximate surface area is 173 Å². The number of carbonyl (C=O) groups is 1. The van der Waals surface area contributed by atoms with Gasteiger partial charge in [0.2, 0.25) is 0 Å². The van der Waals surface area contributed by atoms with Gasteiger partial charge in [-0.25, -0.2) is 12.8 Å². The molecule has 3 rings (SSSR count). The highest BCUT2D eigenvalue weighted by molar-refractivity contribution is 7.92. The van der Waals surface area contributed by atoms with Crippen LogP contribution in [0.3, 0.4) is 0 Å². The predicted octanol–water partition coefficient (Wildman–Crippen LogP) is 5.15. The number of nitrogens with one attached hydrogen (secondary N) is 2. The highest BCUT2D eigenvalue weighted by Gasteiger charge is 2.20. The fraction of sp³-hybridized carbons (Fsp3) is 0.0952. The third kappa shape index (κ3) is 4.75. The lowest BCUT2D eigenvalue weighted by atomic mass is 10.1. The van der Waals surface area contributed by atoms with E-state index in [2.05, 4.69) is 10.0 Å². The highest BCUT2D eigenvalue weighted by Crippen LogP contribution is 2.24. The summed E-state index contributed by atoms with van der Waals surface area (Å²) < 4.78 is 41.4. The molecule has 5 nitrogen and oxygen atoms in total. The summed E-state index contributed by atoms with van der Waals surface area (Å²) in [4.78, 5) is 12.6. The van der Waals surface area contributed by atoms with E-state index in [4.69, 9.17) is 11.6 Å². The van der Waals surface area contributed by atoms with Crippen LogP contribution < -0.4 is 10.0 Å². The topological polar surface area (TPSA) is 75.3 Å². The minimum Gasteiger partial charge on any atom is -0.322 e. The van der Waals surface area contributed by atoms with E-state index in [1.165, 1.54) is 36.4 Å². The highest BCUT2D eigenvalue weighted by atomic mass is 35.5. The van der Waals surface area contributed by atoms with Gasteiger partial charge in [-0.05, 0) is 61.4 Å². The Morgan fingerprint density at radius 2 is 1.62 bits per heavy atom. The van der Waals surface area contributed by atoms with Crippen molar-refractivity contribution < 1.29 is 17.6 Å². The average molecular weight is 433 g/mol. The summed E-state index contributed by atoms with van der Waals surface area (Å²) in [6.07, 6.45) is 0. The first kappa shape index (κ1) is 20.8. The van der Waals surface area contributed by atoms with Crippen LogP contribution in [0.5, 0.6) is 0 Å². The van der Waals surface area contributed by atoms with Crippen molar-refractivity contribution in [3.8, 4) is 0 Å². The lowest BCUT2D eigenvalue weighted by Gasteiger charge is -2.13. The molecule has 8 heteroatoms. The Morgan fingerprint density at radius 1 is 0.931 bits per heavy atom. The van der Waals surface area contributed by atoms with Crippen molar-refractivity contribution in [2.75, 3.05) is 10.0 Å². The van der Waals surface area contributed by atoms with Crippen molar-refractivity contribution in [1.29, 1.82) is 0 Å². The molecule has 0 aromatic heterocycles. The fourth-order valence-electron chi connectivity index (χ4n) is 2.68. The lowest BCUT2D eigenvalue weighted by Crippen LogP contribution is -2.17. The number of halogens is 2. The van der Waals surface area contributed by atoms with E-state index >= 15 is 0 Å². The number of carbonyl (C=O) groups excluding carboxylic acids is 1. The standard InChI is InChI=1S/C21H18ClFN2O3S/c1-13-8-10-16(29(27,28)25-19-6-4-3-5-18(19)23)12-17(13)21(26)24-20-11-15(22)9-7-14(20)2/h3-12,25H,1-2H3,(H,24,26). The average Bonchev–Trinajstić information content (AvgIpc) is 2.66. The molecular formula is C21H18ClFN2O3S. The van der Waals surface area contributed by atoms with Crippen molar-refractivity contribution in [2.45, 2.75) is 18.7 Å². The molecule has 1 amide bonds. The summed E-state index contributed by atoms with van der Waals surface area (Å²) in [7, 11) is -4.09. The van der Waals surface area contributed by atoms with Gasteiger partial charge >= 0.3 is 0 Å². The second-order valence-electron chi connectivity index (χ2n) is 6.48. The van der Waals surface area contributed by atoms with E-state index in [0.717, 1.165) is 11.6 Å². The van der Waals surface area contributed by atoms with E-state index in [1.807, 2.05) is 6.92 Å². The molecule has 0 radical (unpaired) electrons. The molecule has 0 saturated carbocycles. The minimum atomic E-state index is -4.09. The summed E-state index contributed by atoms with van der Waals surface area (Å²) in [5, 5.41) is 3.21. The summed E-state index contributed by atoms with van der Waals surface area (Å²) in [5.74, 6) is -1.17. The summed E-state index contributed by atoms with van der Waals surface area (Å²) in [5.41, 5.74) is 1.94. The number of hydrogen-bond donors (Lipinski definition) is 2. The Balaban J connectivity index is 1.92. The molecule has 3 aromatic rings. The molecule has 0 fully saturated rings. The molecule has 0 aliphatic rings. The minimum absolute atomic E-state index is 0.153. The lowest BCUT2D eigenvalue weighted by molar-refractivity contribution is 0.102. The zero-order valence-corrected chi connectivity index (χ0v) is 17.2. The van der Waals surface area contributed by atoms with Crippen molar-refractivity contribution in [1.82, 2.24) is 0 Å². The fourth-order valence-corrected chi connectivity index (χ4v) is 3.94. The van der Waals surface area contributed by atoms with Crippen LogP contribution in [0.15, 0.2) is 65.6 Å². The van der Waals surface area contributed by atoms with E-state index < -0.39 is 21.7 Å². The smallest absolute Gasteiger partial charge is 0.262 e. The molecule has 29 heavy (non-hydrogen) atoms. The monoisotopic (exact) mass is 432 g/mol. The van der Waals surface area contributed by atoms with Gasteiger partial charge in [0, 0.05) is 16.3 Å². The van der Waals surface area contributed by atoms with Crippen LogP contribution in [0.4, 0.5) is 15.8 Å². The van der Waals surface area contributed by atoms with Gasteiger partial charge in [-0.1, -0.05) is 35.9 Å². The van der Waals surface area contributed by atoms with Crippen LogP contribution in [0.2, 0.25) is 5.02 Å². The second kappa shape index (κ2) is 8.23. The summed E-state index contributed by atoms with van der Waals surface area (Å²) in [6.45, 7) is 3.51. The van der Waals surface area contributed by atoms with E-state index in [0.29, 0.717) is 16.3 Å². The molecule has 2 N–H and O–H groups in total. The Morgan fingerprint density at radius 3 is 2.34 bits per heavy atom. The van der Waals surface area contributed by atoms with Gasteiger partial charge in [-0.3, -0.25) is 9.52 Å². The molecule has 0 saturated heterocycles. The number of rotatable bonds is 5. The van der Waals surface area contributed by atoms with Gasteiger partial charge in [0.1, 0.15) is 5.82 Å². The van der Waals surface area contributed by atoms with Crippen LogP contribution in [0.25, 0.3) is 0 Å². The maximum absolute atomic E-state index is 13.8. The number of hydrogen-bond acceptors (Lipinski definition) is 3. The predicted molar refractivity (Wildman–Crippen MR) is 113 cm³/mol. The normalized spacial score (nSPS) is 11.2. The largest absolute Gasteiger partial charge is 0.322 e. The Kier molecular flexibility index (Phi) is 5.91. The third-order valence-electron chi connectivity index (χ3n) is 4.33. The van der Waals surface area contributed by atoms with Gasteiger partial charge in [-0.2, -0.15) is 0 Å². The number of anilines is 2. The molecule has 3 aromatic carbocycles. The molecule has 0 aliphatic heterocycles. The number of sulfonamides is 1. The van der Waals surface area contributed by atoms with Crippen LogP contribution in [0.1, 0.15) is 21.5 Å². The molecule has 0 atom stereocenters. The number of benzene rings is 3. The molecule has 0 bridgehead atoms. The van der Waals surface area contributed by atoms with Crippen LogP contribution >= 0.6 is 11.6 Å². The first-order valence-electron chi connectivity index (χ1n) is 8.63. The van der Waals surface area contributed by atoms with Crippen molar-refractivity contribution in [3.63, 3.8) is 0 Å². The van der Waals surface area contributed by atoms with Gasteiger partial charge in [-0.15, -0.1) is 0 Å². The molecule has 0 unspecified atom stereocenters. The molecule has 0 spiro atoms. The SMILES string of the molecule is Cc1ccc(Cl)cc1NC(=O)c1cc(S(=O)(=O)Nc2ccccc2F)ccc1C. The first-order chi connectivity index (χ1) is 13.7. The van der Waals surface area contributed by atoms with E-state index in [9.17, 15) is 17.6 Å². The second-order valence-corrected chi connectivity index (χ2v) is 8.59. The van der Waals surface area contributed by atoms with Crippen molar-refractivity contribution in [3.05, 3.63) is 88.2 Å². The zero-order chi connectivity index (χ0) is 21.2. The number of para-hydroxylation sites is 1. The van der Waals surface area contributed by atoms with Gasteiger partial charge in [0.05, 0.1) is 10.6 Å². The third-order valence-corrected chi connectivity index (χ3v) is 5.93. The van der Waals surface area contributed by atoms with Gasteiger partial charge in [0.15, 0.2) is 0 Å². The quantitative estimate of drug-likeness (QED) is 0.585. The van der Waals surface area contributed by atoms with Crippen LogP contribution in [-0.4, -0.2) is 14.3 Å². The molecule has 0 aliphatic carbocycles. The summed E-state index contributed by atoms with van der Waals surface area (Å²) in [6, 6.07) is 14.7. The Hall–Kier alpha value is -2.90. The number of amides is 1. The van der Waals surface area contributed by atoms with E-state index in [-0.39, 0.29) is 16.1 Å². The van der Waals surface area contributed by atoms with Crippen molar-refractivity contribution >= 4 is 38.9 Å². The van der Waals surface area contributed by atoms with Crippen LogP contribution in [0, 0.1) is 19.7 Å². The zero-order valence-electron chi connectivity index (χ0n) is 15.7. The van der Waals surface area contributed by atoms with E-state index in [1.54, 1.807) is 25.1 Å². The van der Waals surface area contributed by atoms with Crippen LogP contribution in [-0.2, 0) is 10.0 Å².